The molecule has 0 heterocycles. The molecule has 0 aliphatic heterocycles. The molecule has 0 unspecified atom stereocenters. The smallest absolute Gasteiger partial charge is 0.395 e. The largest absolute Gasteiger partial charge is 0.405 e. The quantitative estimate of drug-likeness (QED) is 0.710. The average Bonchev–Trinajstić information content (AvgIpc) is 2.11. The lowest BCUT2D eigenvalue weighted by Crippen LogP contribution is -2.46. The summed E-state index contributed by atoms with van der Waals surface area (Å²) in [6, 6.07) is -1.29. The molecule has 2 N–H and O–H groups in total. The molecule has 0 atom stereocenters. The normalized spacial score (nSPS) is 11.7. The van der Waals surface area contributed by atoms with Crippen LogP contribution in [0.1, 0.15) is 0 Å². The molecule has 4 nitrogen and oxygen atoms in total. The minimum Gasteiger partial charge on any atom is -0.395 e. The Labute approximate surface area is 88.0 Å². The average molecular weight is 250 g/mol. The van der Waals surface area contributed by atoms with Crippen LogP contribution >= 0.6 is 0 Å². The van der Waals surface area contributed by atoms with E-state index in [1.165, 1.54) is 5.32 Å². The van der Waals surface area contributed by atoms with Gasteiger partial charge in [0.2, 0.25) is 0 Å². The van der Waals surface area contributed by atoms with Gasteiger partial charge >= 0.3 is 12.2 Å². The third kappa shape index (κ3) is 7.21. The number of urea groups is 1. The summed E-state index contributed by atoms with van der Waals surface area (Å²) < 4.78 is 58.9. The van der Waals surface area contributed by atoms with Crippen LogP contribution in [0.3, 0.4) is 0 Å². The molecular formula is C7H11F5N2O2. The highest BCUT2D eigenvalue weighted by Crippen LogP contribution is 2.12. The molecule has 0 aliphatic rings. The van der Waals surface area contributed by atoms with E-state index in [9.17, 15) is 26.7 Å². The number of amides is 2. The zero-order valence-corrected chi connectivity index (χ0v) is 8.10. The molecule has 0 bridgehead atoms. The maximum absolute atomic E-state index is 11.9. The van der Waals surface area contributed by atoms with Gasteiger partial charge in [0, 0.05) is 6.54 Å². The van der Waals surface area contributed by atoms with Crippen LogP contribution in [0, 0.1) is 0 Å². The van der Waals surface area contributed by atoms with E-state index < -0.39 is 44.9 Å². The number of aliphatic hydroxyl groups excluding tert-OH is 1. The second-order valence-electron chi connectivity index (χ2n) is 2.83. The van der Waals surface area contributed by atoms with Crippen LogP contribution in [-0.4, -0.2) is 54.9 Å². The minimum atomic E-state index is -4.61. The SMILES string of the molecule is O=C(NCC(F)(F)F)N(CCO)CC(F)F. The van der Waals surface area contributed by atoms with Crippen molar-refractivity contribution in [2.75, 3.05) is 26.2 Å². The summed E-state index contributed by atoms with van der Waals surface area (Å²) in [5.41, 5.74) is 0. The fourth-order valence-corrected chi connectivity index (χ4v) is 0.851. The molecule has 16 heavy (non-hydrogen) atoms. The van der Waals surface area contributed by atoms with Crippen molar-refractivity contribution < 1.29 is 31.9 Å². The molecule has 0 aliphatic carbocycles. The van der Waals surface area contributed by atoms with Gasteiger partial charge in [-0.25, -0.2) is 13.6 Å². The van der Waals surface area contributed by atoms with Crippen LogP contribution in [-0.2, 0) is 0 Å². The third-order valence-electron chi connectivity index (χ3n) is 1.46. The Bertz CT molecular complexity index is 221. The molecule has 0 aromatic carbocycles. The fraction of sp³-hybridized carbons (Fsp3) is 0.857. The van der Waals surface area contributed by atoms with Crippen molar-refractivity contribution in [2.45, 2.75) is 12.6 Å². The van der Waals surface area contributed by atoms with Crippen LogP contribution in [0.5, 0.6) is 0 Å². The van der Waals surface area contributed by atoms with E-state index in [1.54, 1.807) is 0 Å². The Balaban J connectivity index is 4.16. The molecule has 0 rings (SSSR count). The number of carbonyl (C=O) groups excluding carboxylic acids is 1. The first-order valence-corrected chi connectivity index (χ1v) is 4.25. The first kappa shape index (κ1) is 14.9. The standard InChI is InChI=1S/C7H11F5N2O2/c8-5(9)3-14(1-2-15)6(16)13-4-7(10,11)12/h5,15H,1-4H2,(H,13,16). The summed E-state index contributed by atoms with van der Waals surface area (Å²) in [4.78, 5) is 11.4. The number of hydrogen-bond donors (Lipinski definition) is 2. The number of rotatable bonds is 5. The summed E-state index contributed by atoms with van der Waals surface area (Å²) in [6.45, 7) is -3.68. The minimum absolute atomic E-state index is 0.413. The van der Waals surface area contributed by atoms with Gasteiger partial charge in [0.15, 0.2) is 0 Å². The van der Waals surface area contributed by atoms with Crippen LogP contribution < -0.4 is 5.32 Å². The Hall–Kier alpha value is -1.12. The second-order valence-corrected chi connectivity index (χ2v) is 2.83. The van der Waals surface area contributed by atoms with Gasteiger partial charge in [-0.1, -0.05) is 0 Å². The highest BCUT2D eigenvalue weighted by Gasteiger charge is 2.29. The van der Waals surface area contributed by atoms with Gasteiger partial charge in [0.05, 0.1) is 13.2 Å². The number of alkyl halides is 5. The molecule has 9 heteroatoms. The summed E-state index contributed by atoms with van der Waals surface area (Å²) in [5.74, 6) is 0. The Kier molecular flexibility index (Phi) is 6.01. The van der Waals surface area contributed by atoms with Crippen molar-refractivity contribution in [1.82, 2.24) is 10.2 Å². The zero-order chi connectivity index (χ0) is 12.8. The Morgan fingerprint density at radius 2 is 1.94 bits per heavy atom. The molecule has 2 amide bonds. The van der Waals surface area contributed by atoms with E-state index >= 15 is 0 Å². The summed E-state index contributed by atoms with van der Waals surface area (Å²) in [5, 5.41) is 9.87. The van der Waals surface area contributed by atoms with Gasteiger partial charge in [-0.2, -0.15) is 13.2 Å². The van der Waals surface area contributed by atoms with Crippen LogP contribution in [0.25, 0.3) is 0 Å². The first-order chi connectivity index (χ1) is 7.26. The summed E-state index contributed by atoms with van der Waals surface area (Å²) in [6.07, 6.45) is -7.48. The number of hydrogen-bond acceptors (Lipinski definition) is 2. The number of nitrogens with zero attached hydrogens (tertiary/aromatic N) is 1. The maximum Gasteiger partial charge on any atom is 0.405 e. The van der Waals surface area contributed by atoms with Gasteiger partial charge in [0.1, 0.15) is 6.54 Å². The van der Waals surface area contributed by atoms with Crippen LogP contribution in [0.4, 0.5) is 26.7 Å². The van der Waals surface area contributed by atoms with E-state index in [1.807, 2.05) is 0 Å². The lowest BCUT2D eigenvalue weighted by molar-refractivity contribution is -0.123. The van der Waals surface area contributed by atoms with Crippen molar-refractivity contribution in [3.05, 3.63) is 0 Å². The number of aliphatic hydroxyl groups is 1. The topological polar surface area (TPSA) is 52.6 Å². The highest BCUT2D eigenvalue weighted by molar-refractivity contribution is 5.74. The highest BCUT2D eigenvalue weighted by atomic mass is 19.4. The van der Waals surface area contributed by atoms with E-state index in [0.29, 0.717) is 4.90 Å². The van der Waals surface area contributed by atoms with Crippen molar-refractivity contribution in [3.8, 4) is 0 Å². The second kappa shape index (κ2) is 6.46. The van der Waals surface area contributed by atoms with Crippen molar-refractivity contribution >= 4 is 6.03 Å². The monoisotopic (exact) mass is 250 g/mol. The molecule has 96 valence electrons. The van der Waals surface area contributed by atoms with Crippen LogP contribution in [0.15, 0.2) is 0 Å². The molecule has 0 aromatic heterocycles. The van der Waals surface area contributed by atoms with Crippen LogP contribution in [0.2, 0.25) is 0 Å². The maximum atomic E-state index is 11.9. The van der Waals surface area contributed by atoms with E-state index in [4.69, 9.17) is 5.11 Å². The molecule has 0 saturated carbocycles. The van der Waals surface area contributed by atoms with E-state index in [2.05, 4.69) is 0 Å². The third-order valence-corrected chi connectivity index (χ3v) is 1.46. The number of halogens is 5. The number of carbonyl (C=O) groups is 1. The predicted molar refractivity (Wildman–Crippen MR) is 44.1 cm³/mol. The molecular weight excluding hydrogens is 239 g/mol. The van der Waals surface area contributed by atoms with Gasteiger partial charge in [-0.3, -0.25) is 0 Å². The van der Waals surface area contributed by atoms with Gasteiger partial charge in [-0.05, 0) is 0 Å². The van der Waals surface area contributed by atoms with E-state index in [0.717, 1.165) is 0 Å². The molecule has 0 saturated heterocycles. The number of nitrogens with one attached hydrogen (secondary N) is 1. The van der Waals surface area contributed by atoms with Gasteiger partial charge < -0.3 is 15.3 Å². The van der Waals surface area contributed by atoms with Crippen molar-refractivity contribution in [1.29, 1.82) is 0 Å². The summed E-state index contributed by atoms with van der Waals surface area (Å²) >= 11 is 0. The predicted octanol–water partition coefficient (Wildman–Crippen LogP) is 0.818. The lowest BCUT2D eigenvalue weighted by Gasteiger charge is -2.22. The molecule has 0 aromatic rings. The zero-order valence-electron chi connectivity index (χ0n) is 8.10. The Morgan fingerprint density at radius 3 is 2.31 bits per heavy atom. The fourth-order valence-electron chi connectivity index (χ4n) is 0.851. The molecule has 0 spiro atoms. The van der Waals surface area contributed by atoms with Gasteiger partial charge in [0.25, 0.3) is 6.43 Å². The van der Waals surface area contributed by atoms with Gasteiger partial charge in [-0.15, -0.1) is 0 Å². The molecule has 0 radical (unpaired) electrons. The van der Waals surface area contributed by atoms with Crippen molar-refractivity contribution in [2.24, 2.45) is 0 Å². The lowest BCUT2D eigenvalue weighted by atomic mass is 10.5. The first-order valence-electron chi connectivity index (χ1n) is 4.25. The summed E-state index contributed by atoms with van der Waals surface area (Å²) in [7, 11) is 0. The van der Waals surface area contributed by atoms with Crippen molar-refractivity contribution in [3.63, 3.8) is 0 Å². The van der Waals surface area contributed by atoms with E-state index in [-0.39, 0.29) is 0 Å². The molecule has 0 fully saturated rings. The Morgan fingerprint density at radius 1 is 1.38 bits per heavy atom.